The molecule has 0 radical (unpaired) electrons. The summed E-state index contributed by atoms with van der Waals surface area (Å²) in [4.78, 5) is 12.7. The van der Waals surface area contributed by atoms with Gasteiger partial charge in [-0.25, -0.2) is 0 Å². The van der Waals surface area contributed by atoms with Crippen molar-refractivity contribution in [1.29, 1.82) is 0 Å². The molecule has 1 amide bonds. The van der Waals surface area contributed by atoms with Crippen LogP contribution in [0.2, 0.25) is 0 Å². The minimum Gasteiger partial charge on any atom is -0.493 e. The van der Waals surface area contributed by atoms with Crippen LogP contribution in [0.4, 0.5) is 5.69 Å². The number of benzene rings is 3. The second kappa shape index (κ2) is 10.4. The summed E-state index contributed by atoms with van der Waals surface area (Å²) in [5.41, 5.74) is 4.54. The van der Waals surface area contributed by atoms with E-state index in [0.29, 0.717) is 28.5 Å². The number of hydrogen-bond donors (Lipinski definition) is 1. The van der Waals surface area contributed by atoms with E-state index in [-0.39, 0.29) is 5.91 Å². The van der Waals surface area contributed by atoms with Crippen molar-refractivity contribution >= 4 is 23.4 Å². The molecule has 1 aromatic heterocycles. The molecule has 0 saturated heterocycles. The zero-order chi connectivity index (χ0) is 24.1. The van der Waals surface area contributed by atoms with Crippen molar-refractivity contribution in [1.82, 2.24) is 14.8 Å². The van der Waals surface area contributed by atoms with Crippen molar-refractivity contribution in [2.45, 2.75) is 24.8 Å². The Morgan fingerprint density at radius 2 is 1.62 bits per heavy atom. The standard InChI is InChI=1S/C26H26N4O3S/c1-17-5-12-22(13-6-17)30-18(2)28-29-26(30)34-16-19-7-9-20(10-8-19)25(31)27-21-11-14-23(32-3)24(15-21)33-4/h5-15H,16H2,1-4H3,(H,27,31). The number of methoxy groups -OCH3 is 2. The van der Waals surface area contributed by atoms with E-state index in [4.69, 9.17) is 9.47 Å². The van der Waals surface area contributed by atoms with Gasteiger partial charge in [0.1, 0.15) is 5.82 Å². The van der Waals surface area contributed by atoms with E-state index in [1.807, 2.05) is 31.2 Å². The topological polar surface area (TPSA) is 78.3 Å². The number of ether oxygens (including phenoxy) is 2. The first-order valence-corrected chi connectivity index (χ1v) is 11.7. The summed E-state index contributed by atoms with van der Waals surface area (Å²) in [5, 5.41) is 12.3. The fourth-order valence-electron chi connectivity index (χ4n) is 3.44. The number of anilines is 1. The minimum absolute atomic E-state index is 0.193. The van der Waals surface area contributed by atoms with Gasteiger partial charge in [0, 0.05) is 28.8 Å². The molecule has 0 saturated carbocycles. The van der Waals surface area contributed by atoms with Crippen LogP contribution in [0.15, 0.2) is 71.9 Å². The van der Waals surface area contributed by atoms with Gasteiger partial charge in [0.05, 0.1) is 14.2 Å². The molecule has 8 heteroatoms. The van der Waals surface area contributed by atoms with E-state index in [1.54, 1.807) is 44.2 Å². The van der Waals surface area contributed by atoms with Crippen molar-refractivity contribution < 1.29 is 14.3 Å². The molecule has 0 aliphatic heterocycles. The van der Waals surface area contributed by atoms with Gasteiger partial charge in [-0.05, 0) is 55.8 Å². The largest absolute Gasteiger partial charge is 0.493 e. The van der Waals surface area contributed by atoms with Crippen LogP contribution in [0.5, 0.6) is 11.5 Å². The lowest BCUT2D eigenvalue weighted by Crippen LogP contribution is -2.12. The third kappa shape index (κ3) is 5.23. The number of rotatable bonds is 8. The highest BCUT2D eigenvalue weighted by molar-refractivity contribution is 7.98. The SMILES string of the molecule is COc1ccc(NC(=O)c2ccc(CSc3nnc(C)n3-c3ccc(C)cc3)cc2)cc1OC. The lowest BCUT2D eigenvalue weighted by molar-refractivity contribution is 0.102. The molecule has 0 aliphatic carbocycles. The van der Waals surface area contributed by atoms with Crippen LogP contribution < -0.4 is 14.8 Å². The lowest BCUT2D eigenvalue weighted by Gasteiger charge is -2.11. The number of aryl methyl sites for hydroxylation is 2. The second-order valence-electron chi connectivity index (χ2n) is 7.71. The van der Waals surface area contributed by atoms with Crippen molar-refractivity contribution in [3.63, 3.8) is 0 Å². The average Bonchev–Trinajstić information content (AvgIpc) is 3.23. The minimum atomic E-state index is -0.193. The number of aromatic nitrogens is 3. The summed E-state index contributed by atoms with van der Waals surface area (Å²) in [6.45, 7) is 4.01. The summed E-state index contributed by atoms with van der Waals surface area (Å²) in [5.74, 6) is 2.52. The van der Waals surface area contributed by atoms with Crippen LogP contribution in [0, 0.1) is 13.8 Å². The first-order chi connectivity index (χ1) is 16.5. The van der Waals surface area contributed by atoms with E-state index in [1.165, 1.54) is 5.56 Å². The molecule has 7 nitrogen and oxygen atoms in total. The molecule has 174 valence electrons. The Morgan fingerprint density at radius 1 is 0.912 bits per heavy atom. The van der Waals surface area contributed by atoms with Crippen LogP contribution in [-0.2, 0) is 5.75 Å². The summed E-state index contributed by atoms with van der Waals surface area (Å²) < 4.78 is 12.6. The maximum absolute atomic E-state index is 12.7. The zero-order valence-corrected chi connectivity index (χ0v) is 20.3. The van der Waals surface area contributed by atoms with Gasteiger partial charge in [0.15, 0.2) is 16.7 Å². The van der Waals surface area contributed by atoms with Gasteiger partial charge in [-0.2, -0.15) is 0 Å². The first-order valence-electron chi connectivity index (χ1n) is 10.7. The third-order valence-electron chi connectivity index (χ3n) is 5.31. The van der Waals surface area contributed by atoms with Gasteiger partial charge >= 0.3 is 0 Å². The number of thioether (sulfide) groups is 1. The van der Waals surface area contributed by atoms with Crippen LogP contribution in [0.3, 0.4) is 0 Å². The summed E-state index contributed by atoms with van der Waals surface area (Å²) >= 11 is 1.61. The Balaban J connectivity index is 1.41. The molecule has 0 atom stereocenters. The number of amides is 1. The van der Waals surface area contributed by atoms with E-state index in [9.17, 15) is 4.79 Å². The van der Waals surface area contributed by atoms with Gasteiger partial charge < -0.3 is 14.8 Å². The van der Waals surface area contributed by atoms with Crippen LogP contribution in [0.1, 0.15) is 27.3 Å². The molecule has 4 rings (SSSR count). The highest BCUT2D eigenvalue weighted by Crippen LogP contribution is 2.30. The Labute approximate surface area is 203 Å². The number of nitrogens with one attached hydrogen (secondary N) is 1. The number of nitrogens with zero attached hydrogens (tertiary/aromatic N) is 3. The molecular weight excluding hydrogens is 448 g/mol. The molecule has 3 aromatic carbocycles. The van der Waals surface area contributed by atoms with Crippen molar-refractivity contribution in [2.24, 2.45) is 0 Å². The highest BCUT2D eigenvalue weighted by Gasteiger charge is 2.13. The van der Waals surface area contributed by atoms with Gasteiger partial charge in [-0.1, -0.05) is 41.6 Å². The fourth-order valence-corrected chi connectivity index (χ4v) is 4.40. The predicted octanol–water partition coefficient (Wildman–Crippen LogP) is 5.45. The summed E-state index contributed by atoms with van der Waals surface area (Å²) in [6.07, 6.45) is 0. The van der Waals surface area contributed by atoms with Gasteiger partial charge in [0.2, 0.25) is 0 Å². The molecule has 34 heavy (non-hydrogen) atoms. The van der Waals surface area contributed by atoms with E-state index >= 15 is 0 Å². The van der Waals surface area contributed by atoms with Crippen LogP contribution in [0.25, 0.3) is 5.69 Å². The van der Waals surface area contributed by atoms with Gasteiger partial charge in [-0.3, -0.25) is 9.36 Å². The van der Waals surface area contributed by atoms with E-state index < -0.39 is 0 Å². The molecule has 0 unspecified atom stereocenters. The highest BCUT2D eigenvalue weighted by atomic mass is 32.2. The summed E-state index contributed by atoms with van der Waals surface area (Å²) in [6, 6.07) is 21.1. The quantitative estimate of drug-likeness (QED) is 0.342. The Kier molecular flexibility index (Phi) is 7.18. The number of carbonyl (C=O) groups excluding carboxylic acids is 1. The Hall–Kier alpha value is -3.78. The first kappa shape index (κ1) is 23.4. The lowest BCUT2D eigenvalue weighted by atomic mass is 10.1. The molecule has 4 aromatic rings. The number of hydrogen-bond acceptors (Lipinski definition) is 6. The smallest absolute Gasteiger partial charge is 0.255 e. The number of carbonyl (C=O) groups is 1. The van der Waals surface area contributed by atoms with Gasteiger partial charge in [-0.15, -0.1) is 10.2 Å². The molecule has 1 N–H and O–H groups in total. The predicted molar refractivity (Wildman–Crippen MR) is 134 cm³/mol. The van der Waals surface area contributed by atoms with Crippen LogP contribution >= 0.6 is 11.8 Å². The normalized spacial score (nSPS) is 10.7. The Morgan fingerprint density at radius 3 is 2.29 bits per heavy atom. The summed E-state index contributed by atoms with van der Waals surface area (Å²) in [7, 11) is 3.13. The molecule has 0 fully saturated rings. The fraction of sp³-hybridized carbons (Fsp3) is 0.192. The zero-order valence-electron chi connectivity index (χ0n) is 19.5. The second-order valence-corrected chi connectivity index (χ2v) is 8.65. The molecule has 1 heterocycles. The van der Waals surface area contributed by atoms with E-state index in [2.05, 4.69) is 51.3 Å². The monoisotopic (exact) mass is 474 g/mol. The molecule has 0 spiro atoms. The van der Waals surface area contributed by atoms with E-state index in [0.717, 1.165) is 22.2 Å². The van der Waals surface area contributed by atoms with Crippen LogP contribution in [-0.4, -0.2) is 34.9 Å². The Bertz CT molecular complexity index is 1280. The van der Waals surface area contributed by atoms with Crippen molar-refractivity contribution in [3.05, 3.63) is 89.2 Å². The molecule has 0 aliphatic rings. The third-order valence-corrected chi connectivity index (χ3v) is 6.31. The van der Waals surface area contributed by atoms with Crippen molar-refractivity contribution in [2.75, 3.05) is 19.5 Å². The molecular formula is C26H26N4O3S. The average molecular weight is 475 g/mol. The van der Waals surface area contributed by atoms with Gasteiger partial charge in [0.25, 0.3) is 5.91 Å². The van der Waals surface area contributed by atoms with Crippen molar-refractivity contribution in [3.8, 4) is 17.2 Å². The molecule has 0 bridgehead atoms. The maximum Gasteiger partial charge on any atom is 0.255 e. The maximum atomic E-state index is 12.7.